The SMILES string of the molecule is Cc1ccc(-c2nnc(SCC(=O)Nc3cc([N+](=O)[O-])ccc3C)o2)cc1. The second kappa shape index (κ2) is 8.00. The summed E-state index contributed by atoms with van der Waals surface area (Å²) in [5.74, 6) is 0.101. The number of hydrogen-bond donors (Lipinski definition) is 1. The minimum atomic E-state index is -0.505. The molecule has 2 aromatic carbocycles. The normalized spacial score (nSPS) is 10.6. The zero-order valence-electron chi connectivity index (χ0n) is 14.6. The molecule has 0 bridgehead atoms. The molecule has 0 saturated heterocycles. The Balaban J connectivity index is 1.61. The van der Waals surface area contributed by atoms with Gasteiger partial charge in [0.25, 0.3) is 10.9 Å². The fraction of sp³-hybridized carbons (Fsp3) is 0.167. The number of nitrogens with zero attached hydrogens (tertiary/aromatic N) is 3. The summed E-state index contributed by atoms with van der Waals surface area (Å²) in [4.78, 5) is 22.5. The minimum Gasteiger partial charge on any atom is -0.411 e. The first-order valence-electron chi connectivity index (χ1n) is 8.00. The van der Waals surface area contributed by atoms with E-state index in [1.54, 1.807) is 13.0 Å². The number of rotatable bonds is 6. The summed E-state index contributed by atoms with van der Waals surface area (Å²) >= 11 is 1.10. The van der Waals surface area contributed by atoms with Gasteiger partial charge in [-0.2, -0.15) is 0 Å². The molecular formula is C18H16N4O4S. The maximum absolute atomic E-state index is 12.1. The van der Waals surface area contributed by atoms with E-state index in [9.17, 15) is 14.9 Å². The molecule has 9 heteroatoms. The number of hydrogen-bond acceptors (Lipinski definition) is 7. The van der Waals surface area contributed by atoms with Gasteiger partial charge >= 0.3 is 0 Å². The summed E-state index contributed by atoms with van der Waals surface area (Å²) in [6, 6.07) is 12.0. The molecule has 0 aliphatic carbocycles. The van der Waals surface area contributed by atoms with Crippen molar-refractivity contribution in [3.05, 3.63) is 63.7 Å². The Morgan fingerprint density at radius 2 is 1.93 bits per heavy atom. The second-order valence-corrected chi connectivity index (χ2v) is 6.76. The van der Waals surface area contributed by atoms with Crippen LogP contribution in [-0.4, -0.2) is 26.8 Å². The van der Waals surface area contributed by atoms with Crippen molar-refractivity contribution in [3.63, 3.8) is 0 Å². The average Bonchev–Trinajstić information content (AvgIpc) is 3.11. The minimum absolute atomic E-state index is 0.0393. The van der Waals surface area contributed by atoms with Gasteiger partial charge in [0.05, 0.1) is 16.4 Å². The van der Waals surface area contributed by atoms with E-state index in [1.807, 2.05) is 31.2 Å². The van der Waals surface area contributed by atoms with Crippen molar-refractivity contribution in [1.82, 2.24) is 10.2 Å². The Morgan fingerprint density at radius 3 is 2.63 bits per heavy atom. The predicted octanol–water partition coefficient (Wildman–Crippen LogP) is 3.99. The molecule has 0 radical (unpaired) electrons. The number of aryl methyl sites for hydroxylation is 2. The molecule has 0 saturated carbocycles. The number of nitrogens with one attached hydrogen (secondary N) is 1. The summed E-state index contributed by atoms with van der Waals surface area (Å²) in [6.07, 6.45) is 0. The van der Waals surface area contributed by atoms with Crippen molar-refractivity contribution in [3.8, 4) is 11.5 Å². The van der Waals surface area contributed by atoms with E-state index >= 15 is 0 Å². The largest absolute Gasteiger partial charge is 0.411 e. The molecule has 3 aromatic rings. The molecule has 1 N–H and O–H groups in total. The standard InChI is InChI=1S/C18H16N4O4S/c1-11-3-6-13(7-4-11)17-20-21-18(26-17)27-10-16(23)19-15-9-14(22(24)25)8-5-12(15)2/h3-9H,10H2,1-2H3,(H,19,23). The molecule has 1 aromatic heterocycles. The molecule has 0 aliphatic heterocycles. The highest BCUT2D eigenvalue weighted by molar-refractivity contribution is 7.99. The molecule has 0 atom stereocenters. The fourth-order valence-corrected chi connectivity index (χ4v) is 2.82. The number of aromatic nitrogens is 2. The molecule has 1 heterocycles. The van der Waals surface area contributed by atoms with Gasteiger partial charge in [-0.25, -0.2) is 0 Å². The third-order valence-electron chi connectivity index (χ3n) is 3.74. The third kappa shape index (κ3) is 4.70. The van der Waals surface area contributed by atoms with Gasteiger partial charge in [-0.3, -0.25) is 14.9 Å². The Labute approximate surface area is 159 Å². The van der Waals surface area contributed by atoms with Crippen LogP contribution in [0.15, 0.2) is 52.1 Å². The smallest absolute Gasteiger partial charge is 0.277 e. The Kier molecular flexibility index (Phi) is 5.51. The Morgan fingerprint density at radius 1 is 1.19 bits per heavy atom. The summed E-state index contributed by atoms with van der Waals surface area (Å²) in [5, 5.41) is 21.7. The first kappa shape index (κ1) is 18.6. The van der Waals surface area contributed by atoms with E-state index in [0.717, 1.165) is 28.5 Å². The van der Waals surface area contributed by atoms with Crippen LogP contribution in [0.25, 0.3) is 11.5 Å². The van der Waals surface area contributed by atoms with Gasteiger partial charge in [0, 0.05) is 17.7 Å². The van der Waals surface area contributed by atoms with Crippen LogP contribution < -0.4 is 5.32 Å². The number of carbonyl (C=O) groups excluding carboxylic acids is 1. The average molecular weight is 384 g/mol. The molecule has 138 valence electrons. The lowest BCUT2D eigenvalue weighted by Crippen LogP contribution is -2.15. The van der Waals surface area contributed by atoms with Crippen molar-refractivity contribution in [2.75, 3.05) is 11.1 Å². The number of non-ortho nitro benzene ring substituents is 1. The van der Waals surface area contributed by atoms with Crippen LogP contribution in [0.4, 0.5) is 11.4 Å². The maximum Gasteiger partial charge on any atom is 0.277 e. The molecular weight excluding hydrogens is 368 g/mol. The molecule has 1 amide bonds. The van der Waals surface area contributed by atoms with Crippen LogP contribution >= 0.6 is 11.8 Å². The molecule has 3 rings (SSSR count). The maximum atomic E-state index is 12.1. The van der Waals surface area contributed by atoms with Gasteiger partial charge in [-0.15, -0.1) is 10.2 Å². The summed E-state index contributed by atoms with van der Waals surface area (Å²) in [6.45, 7) is 3.75. The topological polar surface area (TPSA) is 111 Å². The van der Waals surface area contributed by atoms with Crippen molar-refractivity contribution >= 4 is 29.0 Å². The summed E-state index contributed by atoms with van der Waals surface area (Å²) < 4.78 is 5.56. The highest BCUT2D eigenvalue weighted by Crippen LogP contribution is 2.25. The van der Waals surface area contributed by atoms with Gasteiger partial charge in [0.1, 0.15) is 0 Å². The number of anilines is 1. The number of thioether (sulfide) groups is 1. The summed E-state index contributed by atoms with van der Waals surface area (Å²) in [7, 11) is 0. The zero-order valence-corrected chi connectivity index (χ0v) is 15.4. The van der Waals surface area contributed by atoms with Gasteiger partial charge in [0.2, 0.25) is 11.8 Å². The van der Waals surface area contributed by atoms with E-state index in [4.69, 9.17) is 4.42 Å². The van der Waals surface area contributed by atoms with Crippen molar-refractivity contribution in [2.24, 2.45) is 0 Å². The van der Waals surface area contributed by atoms with E-state index in [-0.39, 0.29) is 22.6 Å². The van der Waals surface area contributed by atoms with Gasteiger partial charge in [-0.05, 0) is 31.5 Å². The molecule has 27 heavy (non-hydrogen) atoms. The molecule has 0 unspecified atom stereocenters. The number of nitro groups is 1. The highest BCUT2D eigenvalue weighted by Gasteiger charge is 2.14. The van der Waals surface area contributed by atoms with E-state index in [2.05, 4.69) is 15.5 Å². The van der Waals surface area contributed by atoms with Crippen LogP contribution in [0.2, 0.25) is 0 Å². The van der Waals surface area contributed by atoms with Gasteiger partial charge in [-0.1, -0.05) is 35.5 Å². The number of benzene rings is 2. The van der Waals surface area contributed by atoms with Crippen LogP contribution in [0, 0.1) is 24.0 Å². The van der Waals surface area contributed by atoms with Gasteiger partial charge in [0.15, 0.2) is 0 Å². The van der Waals surface area contributed by atoms with Crippen LogP contribution in [0.5, 0.6) is 0 Å². The lowest BCUT2D eigenvalue weighted by Gasteiger charge is -2.07. The number of nitro benzene ring substituents is 1. The first-order chi connectivity index (χ1) is 12.9. The third-order valence-corrected chi connectivity index (χ3v) is 4.56. The molecule has 0 fully saturated rings. The van der Waals surface area contributed by atoms with Crippen molar-refractivity contribution < 1.29 is 14.1 Å². The van der Waals surface area contributed by atoms with E-state index in [0.29, 0.717) is 11.6 Å². The summed E-state index contributed by atoms with van der Waals surface area (Å²) in [5.41, 5.74) is 2.99. The molecule has 0 spiro atoms. The van der Waals surface area contributed by atoms with Crippen LogP contribution in [-0.2, 0) is 4.79 Å². The lowest BCUT2D eigenvalue weighted by atomic mass is 10.1. The number of amides is 1. The number of carbonyl (C=O) groups is 1. The second-order valence-electron chi connectivity index (χ2n) is 5.83. The van der Waals surface area contributed by atoms with Crippen molar-refractivity contribution in [2.45, 2.75) is 19.1 Å². The van der Waals surface area contributed by atoms with Crippen LogP contribution in [0.1, 0.15) is 11.1 Å². The predicted molar refractivity (Wildman–Crippen MR) is 102 cm³/mol. The van der Waals surface area contributed by atoms with E-state index in [1.165, 1.54) is 12.1 Å². The quantitative estimate of drug-likeness (QED) is 0.388. The van der Waals surface area contributed by atoms with Crippen molar-refractivity contribution in [1.29, 1.82) is 0 Å². The molecule has 0 aliphatic rings. The first-order valence-corrected chi connectivity index (χ1v) is 8.99. The zero-order chi connectivity index (χ0) is 19.4. The molecule has 8 nitrogen and oxygen atoms in total. The van der Waals surface area contributed by atoms with Crippen LogP contribution in [0.3, 0.4) is 0 Å². The van der Waals surface area contributed by atoms with Gasteiger partial charge < -0.3 is 9.73 Å². The Hall–Kier alpha value is -3.20. The fourth-order valence-electron chi connectivity index (χ4n) is 2.25. The lowest BCUT2D eigenvalue weighted by molar-refractivity contribution is -0.384. The van der Waals surface area contributed by atoms with E-state index < -0.39 is 4.92 Å². The monoisotopic (exact) mass is 384 g/mol. The Bertz CT molecular complexity index is 985. The highest BCUT2D eigenvalue weighted by atomic mass is 32.2.